The van der Waals surface area contributed by atoms with E-state index >= 15 is 0 Å². The highest BCUT2D eigenvalue weighted by Gasteiger charge is 2.28. The third-order valence-corrected chi connectivity index (χ3v) is 4.30. The zero-order chi connectivity index (χ0) is 20.3. The number of carbonyl (C=O) groups excluding carboxylic acids is 2. The van der Waals surface area contributed by atoms with E-state index in [2.05, 4.69) is 31.3 Å². The first kappa shape index (κ1) is 19.4. The van der Waals surface area contributed by atoms with Crippen molar-refractivity contribution in [3.8, 4) is 11.5 Å². The summed E-state index contributed by atoms with van der Waals surface area (Å²) in [6, 6.07) is 11.6. The van der Waals surface area contributed by atoms with Crippen LogP contribution in [0, 0.1) is 0 Å². The summed E-state index contributed by atoms with van der Waals surface area (Å²) in [4.78, 5) is 23.0. The minimum atomic E-state index is -1.25. The molecule has 1 aliphatic rings. The summed E-state index contributed by atoms with van der Waals surface area (Å²) >= 11 is 0. The number of hydrogen-bond donors (Lipinski definition) is 1. The molecule has 7 nitrogen and oxygen atoms in total. The van der Waals surface area contributed by atoms with Crippen LogP contribution in [0.25, 0.3) is 0 Å². The molecule has 0 radical (unpaired) electrons. The van der Waals surface area contributed by atoms with Gasteiger partial charge in [0, 0.05) is 0 Å². The van der Waals surface area contributed by atoms with E-state index in [-0.39, 0.29) is 17.6 Å². The van der Waals surface area contributed by atoms with Crippen molar-refractivity contribution in [1.29, 1.82) is 0 Å². The summed E-state index contributed by atoms with van der Waals surface area (Å²) in [5.41, 5.74) is 4.14. The second-order valence-corrected chi connectivity index (χ2v) is 7.47. The van der Waals surface area contributed by atoms with Crippen LogP contribution in [-0.2, 0) is 10.2 Å². The topological polar surface area (TPSA) is 100 Å². The van der Waals surface area contributed by atoms with Crippen LogP contribution in [0.2, 0.25) is 0 Å². The summed E-state index contributed by atoms with van der Waals surface area (Å²) in [7, 11) is 0. The molecule has 0 aromatic heterocycles. The normalized spacial score (nSPS) is 16.0. The third kappa shape index (κ3) is 4.49. The lowest BCUT2D eigenvalue weighted by atomic mass is 9.87. The molecule has 0 aliphatic carbocycles. The maximum absolute atomic E-state index is 12.3. The Balaban J connectivity index is 1.62. The molecule has 0 saturated heterocycles. The Hall–Kier alpha value is -3.35. The maximum Gasteiger partial charge on any atom is 0.284 e. The van der Waals surface area contributed by atoms with Crippen LogP contribution < -0.4 is 20.0 Å². The zero-order valence-corrected chi connectivity index (χ0v) is 15.9. The average Bonchev–Trinajstić information content (AvgIpc) is 2.66. The van der Waals surface area contributed by atoms with Crippen LogP contribution in [0.15, 0.2) is 47.6 Å². The molecule has 1 aliphatic heterocycles. The van der Waals surface area contributed by atoms with E-state index in [0.29, 0.717) is 17.1 Å². The van der Waals surface area contributed by atoms with Crippen LogP contribution in [0.1, 0.15) is 42.3 Å². The fraction of sp³-hybridized carbons (Fsp3) is 0.286. The SMILES string of the molecule is CC(C)(C)c1ccc2c(c1)O[C@H](C(=O)NN=Cc1ccc(C(=O)[O-])cc1)CO2. The molecule has 3 rings (SSSR count). The number of carbonyl (C=O) groups is 2. The number of benzene rings is 2. The molecule has 1 heterocycles. The molecule has 146 valence electrons. The van der Waals surface area contributed by atoms with Crippen molar-refractivity contribution in [1.82, 2.24) is 5.43 Å². The van der Waals surface area contributed by atoms with Crippen LogP contribution in [0.5, 0.6) is 11.5 Å². The quantitative estimate of drug-likeness (QED) is 0.641. The lowest BCUT2D eigenvalue weighted by Crippen LogP contribution is -2.42. The molecule has 0 fully saturated rings. The van der Waals surface area contributed by atoms with Gasteiger partial charge in [0.1, 0.15) is 6.61 Å². The van der Waals surface area contributed by atoms with Crippen molar-refractivity contribution < 1.29 is 24.2 Å². The first-order valence-corrected chi connectivity index (χ1v) is 8.82. The fourth-order valence-electron chi connectivity index (χ4n) is 2.62. The van der Waals surface area contributed by atoms with Gasteiger partial charge in [-0.15, -0.1) is 0 Å². The molecule has 0 saturated carbocycles. The predicted octanol–water partition coefficient (Wildman–Crippen LogP) is 1.64. The molecule has 2 aromatic rings. The van der Waals surface area contributed by atoms with Crippen molar-refractivity contribution in [2.75, 3.05) is 6.61 Å². The average molecular weight is 381 g/mol. The number of rotatable bonds is 4. The van der Waals surface area contributed by atoms with Gasteiger partial charge in [-0.25, -0.2) is 5.43 Å². The van der Waals surface area contributed by atoms with Gasteiger partial charge in [0.2, 0.25) is 6.10 Å². The van der Waals surface area contributed by atoms with E-state index in [1.165, 1.54) is 18.3 Å². The van der Waals surface area contributed by atoms with Crippen molar-refractivity contribution in [2.24, 2.45) is 5.10 Å². The van der Waals surface area contributed by atoms with E-state index in [9.17, 15) is 14.7 Å². The highest BCUT2D eigenvalue weighted by atomic mass is 16.6. The van der Waals surface area contributed by atoms with Gasteiger partial charge < -0.3 is 19.4 Å². The highest BCUT2D eigenvalue weighted by Crippen LogP contribution is 2.36. The summed E-state index contributed by atoms with van der Waals surface area (Å²) < 4.78 is 11.4. The standard InChI is InChI=1S/C21H22N2O5/c1-21(2,3)15-8-9-16-17(10-15)28-18(12-27-16)19(24)23-22-11-13-4-6-14(7-5-13)20(25)26/h4-11,18H,12H2,1-3H3,(H,23,24)(H,25,26)/p-1/t18-/m0/s1. The van der Waals surface area contributed by atoms with Gasteiger partial charge in [0.15, 0.2) is 11.5 Å². The number of nitrogens with zero attached hydrogens (tertiary/aromatic N) is 1. The molecule has 0 bridgehead atoms. The zero-order valence-electron chi connectivity index (χ0n) is 15.9. The first-order valence-electron chi connectivity index (χ1n) is 8.82. The van der Waals surface area contributed by atoms with Gasteiger partial charge in [-0.05, 0) is 34.2 Å². The smallest absolute Gasteiger partial charge is 0.284 e. The Morgan fingerprint density at radius 1 is 1.14 bits per heavy atom. The number of aromatic carboxylic acids is 1. The highest BCUT2D eigenvalue weighted by molar-refractivity contribution is 5.88. The summed E-state index contributed by atoms with van der Waals surface area (Å²) in [6.07, 6.45) is 0.590. The summed E-state index contributed by atoms with van der Waals surface area (Å²) in [6.45, 7) is 6.37. The van der Waals surface area contributed by atoms with Gasteiger partial charge in [0.25, 0.3) is 5.91 Å². The van der Waals surface area contributed by atoms with Gasteiger partial charge in [-0.3, -0.25) is 4.79 Å². The largest absolute Gasteiger partial charge is 0.545 e. The van der Waals surface area contributed by atoms with E-state index in [1.54, 1.807) is 12.1 Å². The molecular weight excluding hydrogens is 360 g/mol. The summed E-state index contributed by atoms with van der Waals surface area (Å²) in [5, 5.41) is 14.6. The van der Waals surface area contributed by atoms with Crippen LogP contribution in [0.4, 0.5) is 0 Å². The third-order valence-electron chi connectivity index (χ3n) is 4.30. The molecule has 2 aromatic carbocycles. The van der Waals surface area contributed by atoms with Crippen LogP contribution in [-0.4, -0.2) is 30.8 Å². The van der Waals surface area contributed by atoms with Crippen LogP contribution >= 0.6 is 0 Å². The van der Waals surface area contributed by atoms with E-state index in [1.807, 2.05) is 18.2 Å². The first-order chi connectivity index (χ1) is 13.2. The number of nitrogens with one attached hydrogen (secondary N) is 1. The number of ether oxygens (including phenoxy) is 2. The van der Waals surface area contributed by atoms with Gasteiger partial charge in [0.05, 0.1) is 12.2 Å². The Morgan fingerprint density at radius 3 is 2.50 bits per heavy atom. The number of fused-ring (bicyclic) bond motifs is 1. The number of hydrazone groups is 1. The van der Waals surface area contributed by atoms with Crippen molar-refractivity contribution >= 4 is 18.1 Å². The Bertz CT molecular complexity index is 913. The molecule has 1 atom stereocenters. The lowest BCUT2D eigenvalue weighted by molar-refractivity contribution is -0.255. The lowest BCUT2D eigenvalue weighted by Gasteiger charge is -2.27. The molecule has 0 unspecified atom stereocenters. The second kappa shape index (κ2) is 7.72. The minimum Gasteiger partial charge on any atom is -0.545 e. The summed E-state index contributed by atoms with van der Waals surface area (Å²) in [5.74, 6) is -0.551. The molecule has 0 spiro atoms. The number of carboxylic acid groups (broad SMARTS) is 1. The van der Waals surface area contributed by atoms with Gasteiger partial charge in [-0.1, -0.05) is 51.1 Å². The van der Waals surface area contributed by atoms with Gasteiger partial charge >= 0.3 is 0 Å². The van der Waals surface area contributed by atoms with E-state index in [0.717, 1.165) is 5.56 Å². The van der Waals surface area contributed by atoms with Crippen molar-refractivity contribution in [3.63, 3.8) is 0 Å². The van der Waals surface area contributed by atoms with Gasteiger partial charge in [-0.2, -0.15) is 5.10 Å². The second-order valence-electron chi connectivity index (χ2n) is 7.47. The van der Waals surface area contributed by atoms with Crippen molar-refractivity contribution in [2.45, 2.75) is 32.3 Å². The molecular formula is C21H21N2O5-. The predicted molar refractivity (Wildman–Crippen MR) is 102 cm³/mol. The van der Waals surface area contributed by atoms with Crippen molar-refractivity contribution in [3.05, 3.63) is 59.2 Å². The van der Waals surface area contributed by atoms with Crippen LogP contribution in [0.3, 0.4) is 0 Å². The van der Waals surface area contributed by atoms with E-state index < -0.39 is 18.0 Å². The number of amides is 1. The monoisotopic (exact) mass is 381 g/mol. The Kier molecular flexibility index (Phi) is 5.35. The Morgan fingerprint density at radius 2 is 1.86 bits per heavy atom. The molecule has 1 amide bonds. The number of carboxylic acids is 1. The Labute approximate surface area is 163 Å². The number of hydrogen-bond acceptors (Lipinski definition) is 6. The maximum atomic E-state index is 12.3. The van der Waals surface area contributed by atoms with E-state index in [4.69, 9.17) is 9.47 Å². The molecule has 1 N–H and O–H groups in total. The fourth-order valence-corrected chi connectivity index (χ4v) is 2.62. The minimum absolute atomic E-state index is 0.0515. The molecule has 7 heteroatoms. The molecule has 28 heavy (non-hydrogen) atoms.